The van der Waals surface area contributed by atoms with Crippen LogP contribution in [0.4, 0.5) is 0 Å². The van der Waals surface area contributed by atoms with Crippen LogP contribution in [0.5, 0.6) is 0 Å². The van der Waals surface area contributed by atoms with Crippen LogP contribution in [0.3, 0.4) is 0 Å². The number of esters is 3. The van der Waals surface area contributed by atoms with Gasteiger partial charge in [0.1, 0.15) is 13.2 Å². The monoisotopic (exact) mass is 935 g/mol. The van der Waals surface area contributed by atoms with Crippen LogP contribution in [0, 0.1) is 0 Å². The van der Waals surface area contributed by atoms with Crippen molar-refractivity contribution in [1.82, 2.24) is 0 Å². The zero-order valence-corrected chi connectivity index (χ0v) is 44.2. The molecule has 0 rings (SSSR count). The molecular formula is C61H106O6. The Bertz CT molecular complexity index is 1260. The van der Waals surface area contributed by atoms with E-state index in [-0.39, 0.29) is 31.1 Å². The number of carbonyl (C=O) groups is 3. The molecule has 6 heteroatoms. The SMILES string of the molecule is CC/C=C\C/C=C\C/C=C\C/C=C\C/C=C\CCCCCC(=O)OC(COC(=O)CCCCCCC)COC(=O)CCCCCCCCCCCCCCC/C=C\CCCCCCCCCC. The Kier molecular flexibility index (Phi) is 52.8. The average molecular weight is 936 g/mol. The number of allylic oxidation sites excluding steroid dienone is 12. The number of hydrogen-bond donors (Lipinski definition) is 0. The van der Waals surface area contributed by atoms with Crippen molar-refractivity contribution in [3.8, 4) is 0 Å². The van der Waals surface area contributed by atoms with Crippen LogP contribution in [-0.2, 0) is 28.6 Å². The van der Waals surface area contributed by atoms with Gasteiger partial charge in [-0.1, -0.05) is 241 Å². The Morgan fingerprint density at radius 3 is 0.940 bits per heavy atom. The molecule has 0 heterocycles. The van der Waals surface area contributed by atoms with Crippen LogP contribution in [0.2, 0.25) is 0 Å². The van der Waals surface area contributed by atoms with Crippen LogP contribution in [0.15, 0.2) is 72.9 Å². The lowest BCUT2D eigenvalue weighted by Gasteiger charge is -2.18. The van der Waals surface area contributed by atoms with Crippen LogP contribution in [0.25, 0.3) is 0 Å². The van der Waals surface area contributed by atoms with Gasteiger partial charge in [-0.15, -0.1) is 0 Å². The highest BCUT2D eigenvalue weighted by molar-refractivity contribution is 5.71. The molecule has 0 aliphatic heterocycles. The summed E-state index contributed by atoms with van der Waals surface area (Å²) < 4.78 is 16.7. The largest absolute Gasteiger partial charge is 0.462 e. The predicted molar refractivity (Wildman–Crippen MR) is 288 cm³/mol. The summed E-state index contributed by atoms with van der Waals surface area (Å²) in [5.74, 6) is -0.930. The van der Waals surface area contributed by atoms with Gasteiger partial charge in [0.25, 0.3) is 0 Å². The second-order valence-electron chi connectivity index (χ2n) is 18.8. The minimum Gasteiger partial charge on any atom is -0.462 e. The molecule has 0 bridgehead atoms. The number of ether oxygens (including phenoxy) is 3. The molecule has 0 saturated heterocycles. The molecule has 6 nitrogen and oxygen atoms in total. The van der Waals surface area contributed by atoms with E-state index in [1.807, 2.05) is 0 Å². The third-order valence-corrected chi connectivity index (χ3v) is 12.2. The third kappa shape index (κ3) is 53.7. The van der Waals surface area contributed by atoms with E-state index in [4.69, 9.17) is 14.2 Å². The molecule has 0 aromatic heterocycles. The van der Waals surface area contributed by atoms with Crippen LogP contribution in [0.1, 0.15) is 278 Å². The van der Waals surface area contributed by atoms with Gasteiger partial charge in [0.2, 0.25) is 0 Å². The quantitative estimate of drug-likeness (QED) is 0.0262. The molecule has 0 saturated carbocycles. The molecular weight excluding hydrogens is 829 g/mol. The minimum atomic E-state index is -0.789. The van der Waals surface area contributed by atoms with Crippen molar-refractivity contribution in [3.05, 3.63) is 72.9 Å². The summed E-state index contributed by atoms with van der Waals surface area (Å²) in [7, 11) is 0. The highest BCUT2D eigenvalue weighted by Crippen LogP contribution is 2.16. The molecule has 0 N–H and O–H groups in total. The maximum absolute atomic E-state index is 12.8. The van der Waals surface area contributed by atoms with E-state index >= 15 is 0 Å². The Hall–Kier alpha value is -3.15. The summed E-state index contributed by atoms with van der Waals surface area (Å²) in [6, 6.07) is 0. The van der Waals surface area contributed by atoms with Crippen molar-refractivity contribution in [1.29, 1.82) is 0 Å². The van der Waals surface area contributed by atoms with Crippen LogP contribution < -0.4 is 0 Å². The molecule has 1 atom stereocenters. The van der Waals surface area contributed by atoms with E-state index in [2.05, 4.69) is 93.7 Å². The third-order valence-electron chi connectivity index (χ3n) is 12.2. The van der Waals surface area contributed by atoms with Crippen molar-refractivity contribution in [3.63, 3.8) is 0 Å². The lowest BCUT2D eigenvalue weighted by atomic mass is 10.0. The summed E-state index contributed by atoms with van der Waals surface area (Å²) in [5.41, 5.74) is 0. The van der Waals surface area contributed by atoms with Crippen molar-refractivity contribution < 1.29 is 28.6 Å². The first kappa shape index (κ1) is 63.8. The molecule has 0 aliphatic carbocycles. The van der Waals surface area contributed by atoms with E-state index in [1.54, 1.807) is 0 Å². The van der Waals surface area contributed by atoms with Crippen molar-refractivity contribution >= 4 is 17.9 Å². The van der Waals surface area contributed by atoms with E-state index in [1.165, 1.54) is 135 Å². The Morgan fingerprint density at radius 1 is 0.313 bits per heavy atom. The number of carbonyl (C=O) groups excluding carboxylic acids is 3. The molecule has 0 spiro atoms. The lowest BCUT2D eigenvalue weighted by molar-refractivity contribution is -0.167. The van der Waals surface area contributed by atoms with E-state index in [9.17, 15) is 14.4 Å². The standard InChI is InChI=1S/C61H106O6/c1-4-7-10-13-15-17-19-21-23-25-27-28-29-30-31-32-34-35-37-39-41-43-45-48-51-54-60(63)66-57-58(56-65-59(62)53-50-47-12-9-6-3)67-61(64)55-52-49-46-44-42-40-38-36-33-26-24-22-20-18-16-14-11-8-5-2/h8,11,16,18,22,24-25,27,33,36,40,42,58H,4-7,9-10,12-15,17,19-21,23,26,28-32,34-35,37-39,41,43-57H2,1-3H3/b11-8-,18-16-,24-22-,27-25-,36-33-,42-40-. The van der Waals surface area contributed by atoms with Gasteiger partial charge in [-0.3, -0.25) is 14.4 Å². The first-order chi connectivity index (χ1) is 33.0. The molecule has 0 radical (unpaired) electrons. The summed E-state index contributed by atoms with van der Waals surface area (Å²) in [4.78, 5) is 37.8. The fourth-order valence-corrected chi connectivity index (χ4v) is 7.93. The van der Waals surface area contributed by atoms with Gasteiger partial charge in [0, 0.05) is 19.3 Å². The van der Waals surface area contributed by atoms with E-state index in [0.717, 1.165) is 103 Å². The molecule has 0 aliphatic rings. The van der Waals surface area contributed by atoms with Crippen molar-refractivity contribution in [2.45, 2.75) is 284 Å². The maximum Gasteiger partial charge on any atom is 0.306 e. The number of unbranched alkanes of at least 4 members (excludes halogenated alkanes) is 28. The summed E-state index contributed by atoms with van der Waals surface area (Å²) in [6.45, 7) is 6.43. The van der Waals surface area contributed by atoms with Crippen LogP contribution >= 0.6 is 0 Å². The van der Waals surface area contributed by atoms with Gasteiger partial charge >= 0.3 is 17.9 Å². The zero-order valence-electron chi connectivity index (χ0n) is 44.2. The predicted octanol–water partition coefficient (Wildman–Crippen LogP) is 19.0. The minimum absolute atomic E-state index is 0.0881. The molecule has 0 fully saturated rings. The van der Waals surface area contributed by atoms with Gasteiger partial charge in [0.15, 0.2) is 6.10 Å². The summed E-state index contributed by atoms with van der Waals surface area (Å²) in [6.07, 6.45) is 70.9. The topological polar surface area (TPSA) is 78.9 Å². The highest BCUT2D eigenvalue weighted by atomic mass is 16.6. The molecule has 0 aromatic carbocycles. The summed E-state index contributed by atoms with van der Waals surface area (Å²) in [5, 5.41) is 0. The molecule has 0 aromatic rings. The van der Waals surface area contributed by atoms with E-state index in [0.29, 0.717) is 19.3 Å². The second kappa shape index (κ2) is 55.4. The zero-order chi connectivity index (χ0) is 48.6. The number of hydrogen-bond acceptors (Lipinski definition) is 6. The van der Waals surface area contributed by atoms with Gasteiger partial charge in [-0.05, 0) is 89.9 Å². The number of rotatable bonds is 51. The Morgan fingerprint density at radius 2 is 0.582 bits per heavy atom. The smallest absolute Gasteiger partial charge is 0.306 e. The Labute approximate surface area is 414 Å². The van der Waals surface area contributed by atoms with Crippen LogP contribution in [-0.4, -0.2) is 37.2 Å². The van der Waals surface area contributed by atoms with Gasteiger partial charge in [-0.2, -0.15) is 0 Å². The van der Waals surface area contributed by atoms with Gasteiger partial charge in [0.05, 0.1) is 0 Å². The first-order valence-electron chi connectivity index (χ1n) is 28.4. The maximum atomic E-state index is 12.8. The molecule has 0 amide bonds. The highest BCUT2D eigenvalue weighted by Gasteiger charge is 2.19. The van der Waals surface area contributed by atoms with Crippen molar-refractivity contribution in [2.24, 2.45) is 0 Å². The van der Waals surface area contributed by atoms with E-state index < -0.39 is 6.10 Å². The van der Waals surface area contributed by atoms with Gasteiger partial charge < -0.3 is 14.2 Å². The molecule has 1 unspecified atom stereocenters. The normalized spacial score (nSPS) is 12.6. The fourth-order valence-electron chi connectivity index (χ4n) is 7.93. The van der Waals surface area contributed by atoms with Gasteiger partial charge in [-0.25, -0.2) is 0 Å². The fraction of sp³-hybridized carbons (Fsp3) is 0.754. The lowest BCUT2D eigenvalue weighted by Crippen LogP contribution is -2.30. The average Bonchev–Trinajstić information content (AvgIpc) is 3.33. The molecule has 386 valence electrons. The van der Waals surface area contributed by atoms with Crippen molar-refractivity contribution in [2.75, 3.05) is 13.2 Å². The second-order valence-corrected chi connectivity index (χ2v) is 18.8. The first-order valence-corrected chi connectivity index (χ1v) is 28.4. The summed E-state index contributed by atoms with van der Waals surface area (Å²) >= 11 is 0. The molecule has 67 heavy (non-hydrogen) atoms. The Balaban J connectivity index is 4.12.